The Hall–Kier alpha value is -0.0400. The van der Waals surface area contributed by atoms with Crippen molar-refractivity contribution in [1.82, 2.24) is 5.32 Å². The molecule has 1 unspecified atom stereocenters. The number of rotatable bonds is 6. The first-order valence-electron chi connectivity index (χ1n) is 8.85. The molecule has 0 spiro atoms. The van der Waals surface area contributed by atoms with Gasteiger partial charge in [-0.25, -0.2) is 0 Å². The highest BCUT2D eigenvalue weighted by Crippen LogP contribution is 2.42. The zero-order valence-corrected chi connectivity index (χ0v) is 13.5. The van der Waals surface area contributed by atoms with E-state index in [1.807, 2.05) is 0 Å². The third kappa shape index (κ3) is 4.48. The average Bonchev–Trinajstić information content (AvgIpc) is 2.85. The van der Waals surface area contributed by atoms with E-state index in [2.05, 4.69) is 26.1 Å². The van der Waals surface area contributed by atoms with E-state index in [1.165, 1.54) is 70.8 Å². The largest absolute Gasteiger partial charge is 0.313 e. The molecule has 1 heteroatoms. The van der Waals surface area contributed by atoms with Crippen LogP contribution in [-0.2, 0) is 0 Å². The zero-order chi connectivity index (χ0) is 13.7. The first-order chi connectivity index (χ1) is 9.11. The summed E-state index contributed by atoms with van der Waals surface area (Å²) in [5.74, 6) is 1.80. The molecule has 112 valence electrons. The van der Waals surface area contributed by atoms with Crippen LogP contribution in [0, 0.1) is 17.3 Å². The number of hydrogen-bond acceptors (Lipinski definition) is 1. The predicted octanol–water partition coefficient (Wildman–Crippen LogP) is 5.15. The Balaban J connectivity index is 1.80. The quantitative estimate of drug-likeness (QED) is 0.700. The van der Waals surface area contributed by atoms with E-state index in [-0.39, 0.29) is 0 Å². The molecule has 2 aliphatic rings. The SMILES string of the molecule is CC(C)CC1(CNC(C)C2CCCCC2)CCCC1. The first kappa shape index (κ1) is 15.4. The molecule has 19 heavy (non-hydrogen) atoms. The molecule has 0 bridgehead atoms. The van der Waals surface area contributed by atoms with Gasteiger partial charge in [-0.05, 0) is 56.3 Å². The molecule has 2 aliphatic carbocycles. The van der Waals surface area contributed by atoms with Crippen LogP contribution in [0.4, 0.5) is 0 Å². The van der Waals surface area contributed by atoms with E-state index in [9.17, 15) is 0 Å². The molecule has 2 rings (SSSR count). The summed E-state index contributed by atoms with van der Waals surface area (Å²) in [5.41, 5.74) is 0.636. The summed E-state index contributed by atoms with van der Waals surface area (Å²) in [6.45, 7) is 8.51. The van der Waals surface area contributed by atoms with E-state index >= 15 is 0 Å². The van der Waals surface area contributed by atoms with Gasteiger partial charge in [-0.2, -0.15) is 0 Å². The molecule has 0 aromatic carbocycles. The Labute approximate surface area is 120 Å². The fourth-order valence-corrected chi connectivity index (χ4v) is 4.62. The number of nitrogens with one attached hydrogen (secondary N) is 1. The predicted molar refractivity (Wildman–Crippen MR) is 84.4 cm³/mol. The maximum absolute atomic E-state index is 3.94. The summed E-state index contributed by atoms with van der Waals surface area (Å²) < 4.78 is 0. The molecule has 1 N–H and O–H groups in total. The van der Waals surface area contributed by atoms with Gasteiger partial charge >= 0.3 is 0 Å². The fraction of sp³-hybridized carbons (Fsp3) is 1.00. The van der Waals surface area contributed by atoms with Crippen LogP contribution in [0.3, 0.4) is 0 Å². The van der Waals surface area contributed by atoms with Crippen LogP contribution in [0.1, 0.15) is 85.0 Å². The second-order valence-corrected chi connectivity index (χ2v) is 7.87. The van der Waals surface area contributed by atoms with Gasteiger partial charge in [0, 0.05) is 12.6 Å². The molecule has 0 aromatic heterocycles. The van der Waals surface area contributed by atoms with Gasteiger partial charge in [0.15, 0.2) is 0 Å². The van der Waals surface area contributed by atoms with Crippen molar-refractivity contribution >= 4 is 0 Å². The van der Waals surface area contributed by atoms with Crippen molar-refractivity contribution in [3.05, 3.63) is 0 Å². The van der Waals surface area contributed by atoms with Gasteiger partial charge in [-0.15, -0.1) is 0 Å². The van der Waals surface area contributed by atoms with Gasteiger partial charge in [0.1, 0.15) is 0 Å². The Bertz CT molecular complexity index is 246. The highest BCUT2D eigenvalue weighted by Gasteiger charge is 2.34. The Morgan fingerprint density at radius 1 is 0.947 bits per heavy atom. The molecule has 2 fully saturated rings. The second kappa shape index (κ2) is 7.11. The van der Waals surface area contributed by atoms with Crippen LogP contribution in [0.2, 0.25) is 0 Å². The third-order valence-corrected chi connectivity index (χ3v) is 5.66. The molecule has 0 radical (unpaired) electrons. The standard InChI is InChI=1S/C18H35N/c1-15(2)13-18(11-7-8-12-18)14-19-16(3)17-9-5-4-6-10-17/h15-17,19H,4-14H2,1-3H3. The van der Waals surface area contributed by atoms with Gasteiger partial charge in [0.25, 0.3) is 0 Å². The summed E-state index contributed by atoms with van der Waals surface area (Å²) in [5, 5.41) is 3.94. The monoisotopic (exact) mass is 265 g/mol. The van der Waals surface area contributed by atoms with E-state index < -0.39 is 0 Å². The topological polar surface area (TPSA) is 12.0 Å². The van der Waals surface area contributed by atoms with E-state index in [1.54, 1.807) is 0 Å². The van der Waals surface area contributed by atoms with Crippen LogP contribution in [0.15, 0.2) is 0 Å². The smallest absolute Gasteiger partial charge is 0.00672 e. The van der Waals surface area contributed by atoms with Crippen molar-refractivity contribution in [2.45, 2.75) is 91.0 Å². The van der Waals surface area contributed by atoms with E-state index in [0.29, 0.717) is 5.41 Å². The van der Waals surface area contributed by atoms with Crippen molar-refractivity contribution in [1.29, 1.82) is 0 Å². The average molecular weight is 265 g/mol. The van der Waals surface area contributed by atoms with Crippen LogP contribution in [-0.4, -0.2) is 12.6 Å². The van der Waals surface area contributed by atoms with Crippen molar-refractivity contribution < 1.29 is 0 Å². The molecule has 2 saturated carbocycles. The highest BCUT2D eigenvalue weighted by molar-refractivity contribution is 4.89. The minimum absolute atomic E-state index is 0.636. The summed E-state index contributed by atoms with van der Waals surface area (Å²) in [6.07, 6.45) is 14.6. The lowest BCUT2D eigenvalue weighted by molar-refractivity contribution is 0.194. The Kier molecular flexibility index (Phi) is 5.74. The van der Waals surface area contributed by atoms with Gasteiger partial charge in [0.2, 0.25) is 0 Å². The maximum atomic E-state index is 3.94. The van der Waals surface area contributed by atoms with Gasteiger partial charge in [0.05, 0.1) is 0 Å². The molecule has 0 aliphatic heterocycles. The maximum Gasteiger partial charge on any atom is 0.00672 e. The van der Waals surface area contributed by atoms with Crippen molar-refractivity contribution in [3.8, 4) is 0 Å². The number of hydrogen-bond donors (Lipinski definition) is 1. The lowest BCUT2D eigenvalue weighted by atomic mass is 9.77. The Morgan fingerprint density at radius 2 is 1.58 bits per heavy atom. The van der Waals surface area contributed by atoms with Crippen molar-refractivity contribution in [2.75, 3.05) is 6.54 Å². The summed E-state index contributed by atoms with van der Waals surface area (Å²) in [7, 11) is 0. The van der Waals surface area contributed by atoms with Crippen LogP contribution in [0.25, 0.3) is 0 Å². The molecular weight excluding hydrogens is 230 g/mol. The summed E-state index contributed by atoms with van der Waals surface area (Å²) in [4.78, 5) is 0. The van der Waals surface area contributed by atoms with Gasteiger partial charge < -0.3 is 5.32 Å². The zero-order valence-electron chi connectivity index (χ0n) is 13.5. The molecule has 1 nitrogen and oxygen atoms in total. The first-order valence-corrected chi connectivity index (χ1v) is 8.85. The van der Waals surface area contributed by atoms with Crippen LogP contribution < -0.4 is 5.32 Å². The second-order valence-electron chi connectivity index (χ2n) is 7.87. The lowest BCUT2D eigenvalue weighted by Crippen LogP contribution is -2.41. The van der Waals surface area contributed by atoms with Crippen molar-refractivity contribution in [3.63, 3.8) is 0 Å². The fourth-order valence-electron chi connectivity index (χ4n) is 4.62. The summed E-state index contributed by atoms with van der Waals surface area (Å²) >= 11 is 0. The molecule has 0 amide bonds. The van der Waals surface area contributed by atoms with E-state index in [0.717, 1.165) is 17.9 Å². The van der Waals surface area contributed by atoms with E-state index in [4.69, 9.17) is 0 Å². The molecule has 0 heterocycles. The molecule has 0 saturated heterocycles. The Morgan fingerprint density at radius 3 is 2.16 bits per heavy atom. The normalized spacial score (nSPS) is 25.9. The minimum Gasteiger partial charge on any atom is -0.313 e. The van der Waals surface area contributed by atoms with Crippen molar-refractivity contribution in [2.24, 2.45) is 17.3 Å². The highest BCUT2D eigenvalue weighted by atomic mass is 14.9. The van der Waals surface area contributed by atoms with Crippen LogP contribution >= 0.6 is 0 Å². The molecular formula is C18H35N. The molecule has 0 aromatic rings. The minimum atomic E-state index is 0.636. The summed E-state index contributed by atoms with van der Waals surface area (Å²) in [6, 6.07) is 0.741. The van der Waals surface area contributed by atoms with Crippen LogP contribution in [0.5, 0.6) is 0 Å². The third-order valence-electron chi connectivity index (χ3n) is 5.66. The van der Waals surface area contributed by atoms with Gasteiger partial charge in [-0.1, -0.05) is 46.0 Å². The molecule has 1 atom stereocenters. The lowest BCUT2D eigenvalue weighted by Gasteiger charge is -2.35. The van der Waals surface area contributed by atoms with Gasteiger partial charge in [-0.3, -0.25) is 0 Å².